The number of nitrogens with two attached hydrogens (primary N) is 1. The Morgan fingerprint density at radius 1 is 1.11 bits per heavy atom. The molecule has 1 saturated heterocycles. The molecule has 1 aliphatic heterocycles. The van der Waals surface area contributed by atoms with Gasteiger partial charge >= 0.3 is 0 Å². The lowest BCUT2D eigenvalue weighted by Crippen LogP contribution is -2.53. The molecular formula is C19H26N4O3S. The summed E-state index contributed by atoms with van der Waals surface area (Å²) in [7, 11) is -3.44. The lowest BCUT2D eigenvalue weighted by Gasteiger charge is -2.37. The molecule has 0 aromatic heterocycles. The van der Waals surface area contributed by atoms with E-state index in [2.05, 4.69) is 15.1 Å². The fourth-order valence-corrected chi connectivity index (χ4v) is 3.88. The number of piperazine rings is 1. The highest BCUT2D eigenvalue weighted by molar-refractivity contribution is 7.89. The molecule has 27 heavy (non-hydrogen) atoms. The number of sulfonamides is 1. The van der Waals surface area contributed by atoms with Gasteiger partial charge in [0.2, 0.25) is 15.9 Å². The van der Waals surface area contributed by atoms with Gasteiger partial charge in [0.25, 0.3) is 0 Å². The van der Waals surface area contributed by atoms with Gasteiger partial charge in [0, 0.05) is 43.8 Å². The number of fused-ring (bicyclic) bond motifs is 1. The van der Waals surface area contributed by atoms with E-state index in [1.807, 2.05) is 49.4 Å². The van der Waals surface area contributed by atoms with Gasteiger partial charge in [-0.3, -0.25) is 14.6 Å². The van der Waals surface area contributed by atoms with E-state index in [1.165, 1.54) is 0 Å². The second-order valence-corrected chi connectivity index (χ2v) is 8.67. The van der Waals surface area contributed by atoms with Crippen molar-refractivity contribution in [1.82, 2.24) is 9.80 Å². The van der Waals surface area contributed by atoms with Gasteiger partial charge in [-0.05, 0) is 18.4 Å². The summed E-state index contributed by atoms with van der Waals surface area (Å²) in [5, 5.41) is 10.2. The highest BCUT2D eigenvalue weighted by atomic mass is 32.2. The number of benzene rings is 2. The Hall–Kier alpha value is -2.00. The maximum absolute atomic E-state index is 12.7. The van der Waals surface area contributed by atoms with Crippen LogP contribution in [0, 0.1) is 0 Å². The van der Waals surface area contributed by atoms with Crippen molar-refractivity contribution >= 4 is 32.4 Å². The molecule has 1 aliphatic rings. The molecule has 2 aromatic rings. The molecule has 3 N–H and O–H groups in total. The molecule has 1 atom stereocenters. The maximum atomic E-state index is 12.7. The minimum Gasteiger partial charge on any atom is -0.324 e. The highest BCUT2D eigenvalue weighted by Gasteiger charge is 2.26. The Morgan fingerprint density at radius 3 is 2.48 bits per heavy atom. The Labute approximate surface area is 160 Å². The smallest absolute Gasteiger partial charge is 0.241 e. The molecule has 0 spiro atoms. The van der Waals surface area contributed by atoms with Crippen LogP contribution < -0.4 is 10.5 Å². The van der Waals surface area contributed by atoms with E-state index < -0.39 is 10.0 Å². The molecule has 0 radical (unpaired) electrons. The minimum absolute atomic E-state index is 0.0376. The number of anilines is 1. The first-order chi connectivity index (χ1) is 12.8. The molecule has 1 fully saturated rings. The average molecular weight is 391 g/mol. The first kappa shape index (κ1) is 19.8. The number of hydrogen-bond acceptors (Lipinski definition) is 5. The quantitative estimate of drug-likeness (QED) is 0.769. The Bertz CT molecular complexity index is 903. The van der Waals surface area contributed by atoms with Crippen LogP contribution in [0.3, 0.4) is 0 Å². The van der Waals surface area contributed by atoms with Crippen LogP contribution in [0.5, 0.6) is 0 Å². The number of carbonyl (C=O) groups excluding carboxylic acids is 1. The number of amides is 1. The van der Waals surface area contributed by atoms with E-state index in [1.54, 1.807) is 0 Å². The molecule has 1 amide bonds. The zero-order valence-electron chi connectivity index (χ0n) is 15.5. The van der Waals surface area contributed by atoms with E-state index >= 15 is 0 Å². The maximum Gasteiger partial charge on any atom is 0.241 e. The number of rotatable bonds is 6. The molecular weight excluding hydrogens is 364 g/mol. The summed E-state index contributed by atoms with van der Waals surface area (Å²) >= 11 is 0. The summed E-state index contributed by atoms with van der Waals surface area (Å²) < 4.78 is 22.2. The van der Waals surface area contributed by atoms with Gasteiger partial charge in [0.1, 0.15) is 0 Å². The predicted molar refractivity (Wildman–Crippen MR) is 108 cm³/mol. The van der Waals surface area contributed by atoms with Crippen LogP contribution in [0.1, 0.15) is 6.92 Å². The van der Waals surface area contributed by atoms with Crippen LogP contribution >= 0.6 is 0 Å². The van der Waals surface area contributed by atoms with Crippen LogP contribution in [-0.4, -0.2) is 68.6 Å². The van der Waals surface area contributed by atoms with Gasteiger partial charge in [0.05, 0.1) is 11.8 Å². The monoisotopic (exact) mass is 390 g/mol. The van der Waals surface area contributed by atoms with Crippen LogP contribution in [0.2, 0.25) is 0 Å². The molecule has 0 aliphatic carbocycles. The summed E-state index contributed by atoms with van der Waals surface area (Å²) in [6, 6.07) is 13.6. The second kappa shape index (κ2) is 8.35. The standard InChI is InChI=1S/C19H26N4O3S/c1-15(23-11-9-22(10-12-23)13-14-27(20,25)26)19(24)21-18-8-4-6-16-5-2-3-7-17(16)18/h2-8,15H,9-14H2,1H3,(H,21,24)(H2,20,25,26). The van der Waals surface area contributed by atoms with Crippen LogP contribution in [-0.2, 0) is 14.8 Å². The second-order valence-electron chi connectivity index (χ2n) is 6.94. The summed E-state index contributed by atoms with van der Waals surface area (Å²) in [5.74, 6) is -0.0752. The fraction of sp³-hybridized carbons (Fsp3) is 0.421. The van der Waals surface area contributed by atoms with Crippen molar-refractivity contribution < 1.29 is 13.2 Å². The fourth-order valence-electron chi connectivity index (χ4n) is 3.37. The molecule has 0 bridgehead atoms. The van der Waals surface area contributed by atoms with E-state index in [9.17, 15) is 13.2 Å². The van der Waals surface area contributed by atoms with Gasteiger partial charge in [-0.1, -0.05) is 36.4 Å². The van der Waals surface area contributed by atoms with Crippen molar-refractivity contribution in [3.63, 3.8) is 0 Å². The summed E-state index contributed by atoms with van der Waals surface area (Å²) in [6.45, 7) is 5.22. The molecule has 2 aromatic carbocycles. The number of hydrogen-bond donors (Lipinski definition) is 2. The summed E-state index contributed by atoms with van der Waals surface area (Å²) in [4.78, 5) is 16.9. The van der Waals surface area contributed by atoms with Gasteiger partial charge in [0.15, 0.2) is 0 Å². The zero-order valence-corrected chi connectivity index (χ0v) is 16.3. The van der Waals surface area contributed by atoms with E-state index in [0.717, 1.165) is 42.6 Å². The molecule has 1 unspecified atom stereocenters. The SMILES string of the molecule is CC(C(=O)Nc1cccc2ccccc12)N1CCN(CCS(N)(=O)=O)CC1. The summed E-state index contributed by atoms with van der Waals surface area (Å²) in [5.41, 5.74) is 0.816. The minimum atomic E-state index is -3.44. The Kier molecular flexibility index (Phi) is 6.11. The number of carbonyl (C=O) groups is 1. The molecule has 1 heterocycles. The zero-order chi connectivity index (χ0) is 19.4. The molecule has 3 rings (SSSR count). The predicted octanol–water partition coefficient (Wildman–Crippen LogP) is 1.07. The van der Waals surface area contributed by atoms with Gasteiger partial charge in [-0.25, -0.2) is 13.6 Å². The van der Waals surface area contributed by atoms with Crippen LogP contribution in [0.25, 0.3) is 10.8 Å². The first-order valence-corrected chi connectivity index (χ1v) is 10.8. The molecule has 146 valence electrons. The van der Waals surface area contributed by atoms with Gasteiger partial charge < -0.3 is 5.32 Å². The third-order valence-electron chi connectivity index (χ3n) is 5.07. The van der Waals surface area contributed by atoms with Crippen molar-refractivity contribution in [3.05, 3.63) is 42.5 Å². The van der Waals surface area contributed by atoms with E-state index in [4.69, 9.17) is 5.14 Å². The Morgan fingerprint density at radius 2 is 1.78 bits per heavy atom. The molecule has 7 nitrogen and oxygen atoms in total. The highest BCUT2D eigenvalue weighted by Crippen LogP contribution is 2.23. The third-order valence-corrected chi connectivity index (χ3v) is 5.83. The lowest BCUT2D eigenvalue weighted by atomic mass is 10.1. The third kappa shape index (κ3) is 5.26. The molecule has 0 saturated carbocycles. The largest absolute Gasteiger partial charge is 0.324 e. The van der Waals surface area contributed by atoms with Crippen molar-refractivity contribution in [2.45, 2.75) is 13.0 Å². The van der Waals surface area contributed by atoms with E-state index in [-0.39, 0.29) is 17.7 Å². The van der Waals surface area contributed by atoms with Gasteiger partial charge in [-0.15, -0.1) is 0 Å². The summed E-state index contributed by atoms with van der Waals surface area (Å²) in [6.07, 6.45) is 0. The van der Waals surface area contributed by atoms with Crippen molar-refractivity contribution in [2.75, 3.05) is 43.8 Å². The van der Waals surface area contributed by atoms with Gasteiger partial charge in [-0.2, -0.15) is 0 Å². The molecule has 8 heteroatoms. The van der Waals surface area contributed by atoms with Crippen LogP contribution in [0.4, 0.5) is 5.69 Å². The van der Waals surface area contributed by atoms with Crippen molar-refractivity contribution in [3.8, 4) is 0 Å². The number of primary sulfonamides is 1. The average Bonchev–Trinajstić information content (AvgIpc) is 2.66. The lowest BCUT2D eigenvalue weighted by molar-refractivity contribution is -0.121. The van der Waals surface area contributed by atoms with Crippen molar-refractivity contribution in [2.24, 2.45) is 5.14 Å². The van der Waals surface area contributed by atoms with Crippen LogP contribution in [0.15, 0.2) is 42.5 Å². The topological polar surface area (TPSA) is 95.7 Å². The van der Waals surface area contributed by atoms with E-state index in [0.29, 0.717) is 6.54 Å². The number of nitrogens with zero attached hydrogens (tertiary/aromatic N) is 2. The number of nitrogens with one attached hydrogen (secondary N) is 1. The normalized spacial score (nSPS) is 17.7. The Balaban J connectivity index is 1.57. The first-order valence-electron chi connectivity index (χ1n) is 9.09. The van der Waals surface area contributed by atoms with Crippen molar-refractivity contribution in [1.29, 1.82) is 0 Å².